The summed E-state index contributed by atoms with van der Waals surface area (Å²) in [5.74, 6) is 1.93. The lowest BCUT2D eigenvalue weighted by atomic mass is 10.1. The van der Waals surface area contributed by atoms with Gasteiger partial charge in [-0.1, -0.05) is 13.8 Å². The summed E-state index contributed by atoms with van der Waals surface area (Å²) >= 11 is 0. The van der Waals surface area contributed by atoms with Crippen LogP contribution in [-0.2, 0) is 6.42 Å². The Morgan fingerprint density at radius 3 is 2.80 bits per heavy atom. The summed E-state index contributed by atoms with van der Waals surface area (Å²) in [6.45, 7) is 6.63. The predicted molar refractivity (Wildman–Crippen MR) is 63.1 cm³/mol. The molecule has 0 bridgehead atoms. The van der Waals surface area contributed by atoms with Crippen LogP contribution in [0.25, 0.3) is 0 Å². The van der Waals surface area contributed by atoms with Crippen molar-refractivity contribution in [3.8, 4) is 0 Å². The highest BCUT2D eigenvalue weighted by atomic mass is 15.2. The normalized spacial score (nSPS) is 25.8. The fourth-order valence-electron chi connectivity index (χ4n) is 2.45. The Hall–Kier alpha value is -0.990. The van der Waals surface area contributed by atoms with Gasteiger partial charge in [-0.05, 0) is 38.5 Å². The number of nitrogens with zero attached hydrogens (tertiary/aromatic N) is 1. The molecule has 1 fully saturated rings. The largest absolute Gasteiger partial charge is 0.366 e. The van der Waals surface area contributed by atoms with Gasteiger partial charge in [0, 0.05) is 17.3 Å². The summed E-state index contributed by atoms with van der Waals surface area (Å²) in [4.78, 5) is 0. The minimum atomic E-state index is 0.631. The lowest BCUT2D eigenvalue weighted by Crippen LogP contribution is -2.16. The third kappa shape index (κ3) is 2.16. The molecule has 0 amide bonds. The number of hydrogen-bond acceptors (Lipinski definition) is 2. The molecule has 3 heteroatoms. The SMILES string of the molecule is CCc1[nH]nc(NC2CCC(C)C2)c1C. The number of aromatic nitrogens is 2. The van der Waals surface area contributed by atoms with Gasteiger partial charge in [-0.15, -0.1) is 0 Å². The van der Waals surface area contributed by atoms with Gasteiger partial charge in [0.2, 0.25) is 0 Å². The quantitative estimate of drug-likeness (QED) is 0.800. The zero-order valence-electron chi connectivity index (χ0n) is 9.93. The van der Waals surface area contributed by atoms with Crippen molar-refractivity contribution in [2.45, 2.75) is 52.5 Å². The molecule has 2 unspecified atom stereocenters. The maximum atomic E-state index is 4.34. The number of H-pyrrole nitrogens is 1. The molecule has 2 N–H and O–H groups in total. The number of hydrogen-bond donors (Lipinski definition) is 2. The Morgan fingerprint density at radius 1 is 1.47 bits per heavy atom. The molecule has 0 spiro atoms. The Kier molecular flexibility index (Phi) is 2.98. The van der Waals surface area contributed by atoms with Crippen LogP contribution in [0.1, 0.15) is 44.4 Å². The number of aryl methyl sites for hydroxylation is 1. The van der Waals surface area contributed by atoms with E-state index in [4.69, 9.17) is 0 Å². The first-order valence-electron chi connectivity index (χ1n) is 6.01. The molecular weight excluding hydrogens is 186 g/mol. The summed E-state index contributed by atoms with van der Waals surface area (Å²) in [5, 5.41) is 11.0. The second kappa shape index (κ2) is 4.25. The maximum absolute atomic E-state index is 4.34. The van der Waals surface area contributed by atoms with E-state index < -0.39 is 0 Å². The first-order valence-corrected chi connectivity index (χ1v) is 6.01. The molecule has 1 aromatic rings. The van der Waals surface area contributed by atoms with Crippen molar-refractivity contribution in [1.29, 1.82) is 0 Å². The second-order valence-corrected chi connectivity index (χ2v) is 4.79. The molecule has 0 radical (unpaired) electrons. The van der Waals surface area contributed by atoms with Crippen molar-refractivity contribution in [3.63, 3.8) is 0 Å². The van der Waals surface area contributed by atoms with Crippen LogP contribution < -0.4 is 5.32 Å². The molecule has 1 aliphatic carbocycles. The van der Waals surface area contributed by atoms with Gasteiger partial charge < -0.3 is 5.32 Å². The third-order valence-corrected chi connectivity index (χ3v) is 3.50. The van der Waals surface area contributed by atoms with Gasteiger partial charge in [-0.25, -0.2) is 0 Å². The minimum Gasteiger partial charge on any atom is -0.366 e. The molecule has 1 heterocycles. The van der Waals surface area contributed by atoms with Crippen molar-refractivity contribution in [2.24, 2.45) is 5.92 Å². The summed E-state index contributed by atoms with van der Waals surface area (Å²) in [5.41, 5.74) is 2.54. The van der Waals surface area contributed by atoms with Crippen LogP contribution in [0, 0.1) is 12.8 Å². The number of nitrogens with one attached hydrogen (secondary N) is 2. The molecule has 0 saturated heterocycles. The van der Waals surface area contributed by atoms with E-state index in [9.17, 15) is 0 Å². The molecule has 84 valence electrons. The van der Waals surface area contributed by atoms with Gasteiger partial charge in [-0.3, -0.25) is 5.10 Å². The Balaban J connectivity index is 2.01. The van der Waals surface area contributed by atoms with Crippen LogP contribution in [0.4, 0.5) is 5.82 Å². The van der Waals surface area contributed by atoms with Crippen molar-refractivity contribution >= 4 is 5.82 Å². The smallest absolute Gasteiger partial charge is 0.151 e. The lowest BCUT2D eigenvalue weighted by Gasteiger charge is -2.12. The van der Waals surface area contributed by atoms with Gasteiger partial charge in [-0.2, -0.15) is 5.10 Å². The van der Waals surface area contributed by atoms with Crippen LogP contribution >= 0.6 is 0 Å². The zero-order valence-corrected chi connectivity index (χ0v) is 9.93. The standard InChI is InChI=1S/C12H21N3/c1-4-11-9(3)12(15-14-11)13-10-6-5-8(2)7-10/h8,10H,4-7H2,1-3H3,(H2,13,14,15). The average molecular weight is 207 g/mol. The monoisotopic (exact) mass is 207 g/mol. The van der Waals surface area contributed by atoms with E-state index in [2.05, 4.69) is 36.3 Å². The molecule has 1 aromatic heterocycles. The van der Waals surface area contributed by atoms with E-state index in [1.165, 1.54) is 30.5 Å². The van der Waals surface area contributed by atoms with Gasteiger partial charge in [0.25, 0.3) is 0 Å². The highest BCUT2D eigenvalue weighted by molar-refractivity contribution is 5.46. The van der Waals surface area contributed by atoms with E-state index in [0.717, 1.165) is 18.2 Å². The number of anilines is 1. The van der Waals surface area contributed by atoms with E-state index in [1.54, 1.807) is 0 Å². The van der Waals surface area contributed by atoms with Crippen LogP contribution in [-0.4, -0.2) is 16.2 Å². The fraction of sp³-hybridized carbons (Fsp3) is 0.750. The molecule has 2 atom stereocenters. The molecule has 1 saturated carbocycles. The summed E-state index contributed by atoms with van der Waals surface area (Å²) in [7, 11) is 0. The van der Waals surface area contributed by atoms with Gasteiger partial charge >= 0.3 is 0 Å². The van der Waals surface area contributed by atoms with E-state index in [1.807, 2.05) is 0 Å². The summed E-state index contributed by atoms with van der Waals surface area (Å²) in [6, 6.07) is 0.631. The minimum absolute atomic E-state index is 0.631. The van der Waals surface area contributed by atoms with Crippen LogP contribution in [0.3, 0.4) is 0 Å². The molecule has 15 heavy (non-hydrogen) atoms. The molecule has 2 rings (SSSR count). The summed E-state index contributed by atoms with van der Waals surface area (Å²) < 4.78 is 0. The van der Waals surface area contributed by atoms with E-state index in [-0.39, 0.29) is 0 Å². The topological polar surface area (TPSA) is 40.7 Å². The van der Waals surface area contributed by atoms with E-state index in [0.29, 0.717) is 6.04 Å². The predicted octanol–water partition coefficient (Wildman–Crippen LogP) is 2.88. The Bertz CT molecular complexity index is 330. The highest BCUT2D eigenvalue weighted by Crippen LogP contribution is 2.28. The van der Waals surface area contributed by atoms with Crippen LogP contribution in [0.15, 0.2) is 0 Å². The maximum Gasteiger partial charge on any atom is 0.151 e. The van der Waals surface area contributed by atoms with Gasteiger partial charge in [0.1, 0.15) is 0 Å². The first kappa shape index (κ1) is 10.5. The molecule has 1 aliphatic rings. The van der Waals surface area contributed by atoms with Crippen LogP contribution in [0.2, 0.25) is 0 Å². The van der Waals surface area contributed by atoms with Crippen molar-refractivity contribution < 1.29 is 0 Å². The van der Waals surface area contributed by atoms with E-state index >= 15 is 0 Å². The highest BCUT2D eigenvalue weighted by Gasteiger charge is 2.22. The number of aromatic amines is 1. The fourth-order valence-corrected chi connectivity index (χ4v) is 2.45. The Morgan fingerprint density at radius 2 is 2.27 bits per heavy atom. The molecule has 0 aliphatic heterocycles. The molecular formula is C12H21N3. The molecule has 3 nitrogen and oxygen atoms in total. The van der Waals surface area contributed by atoms with Crippen LogP contribution in [0.5, 0.6) is 0 Å². The lowest BCUT2D eigenvalue weighted by molar-refractivity contribution is 0.602. The average Bonchev–Trinajstić information content (AvgIpc) is 2.76. The van der Waals surface area contributed by atoms with Gasteiger partial charge in [0.15, 0.2) is 5.82 Å². The number of rotatable bonds is 3. The Labute approximate surface area is 91.7 Å². The first-order chi connectivity index (χ1) is 7.20. The van der Waals surface area contributed by atoms with Crippen molar-refractivity contribution in [3.05, 3.63) is 11.3 Å². The zero-order chi connectivity index (χ0) is 10.8. The van der Waals surface area contributed by atoms with Crippen molar-refractivity contribution in [2.75, 3.05) is 5.32 Å². The second-order valence-electron chi connectivity index (χ2n) is 4.79. The molecule has 0 aromatic carbocycles. The third-order valence-electron chi connectivity index (χ3n) is 3.50. The van der Waals surface area contributed by atoms with Crippen molar-refractivity contribution in [1.82, 2.24) is 10.2 Å². The summed E-state index contributed by atoms with van der Waals surface area (Å²) in [6.07, 6.45) is 4.95. The van der Waals surface area contributed by atoms with Gasteiger partial charge in [0.05, 0.1) is 0 Å².